The number of imidazole rings is 1. The van der Waals surface area contributed by atoms with Crippen molar-refractivity contribution in [1.82, 2.24) is 19.4 Å². The Morgan fingerprint density at radius 2 is 1.68 bits per heavy atom. The predicted octanol–water partition coefficient (Wildman–Crippen LogP) is 6.53. The molecule has 0 spiro atoms. The Balaban J connectivity index is 1.18. The molecule has 1 aromatic heterocycles. The molecule has 1 aliphatic heterocycles. The van der Waals surface area contributed by atoms with E-state index in [0.717, 1.165) is 50.0 Å². The van der Waals surface area contributed by atoms with Crippen LogP contribution in [0.1, 0.15) is 41.1 Å². The average Bonchev–Trinajstić information content (AvgIpc) is 3.36. The summed E-state index contributed by atoms with van der Waals surface area (Å²) in [6.45, 7) is 2.51. The smallest absolute Gasteiger partial charge is 0.353 e. The highest BCUT2D eigenvalue weighted by molar-refractivity contribution is 5.94. The van der Waals surface area contributed by atoms with Crippen LogP contribution in [0.3, 0.4) is 0 Å². The Kier molecular flexibility index (Phi) is 10.2. The van der Waals surface area contributed by atoms with Gasteiger partial charge >= 0.3 is 6.36 Å². The van der Waals surface area contributed by atoms with Crippen LogP contribution in [0, 0.1) is 5.82 Å². The molecule has 5 rings (SSSR count). The van der Waals surface area contributed by atoms with E-state index in [1.54, 1.807) is 40.8 Å². The monoisotopic (exact) mass is 611 g/mol. The van der Waals surface area contributed by atoms with E-state index in [9.17, 15) is 22.4 Å². The lowest BCUT2D eigenvalue weighted by atomic mass is 9.94. The van der Waals surface area contributed by atoms with Crippen LogP contribution in [0.2, 0.25) is 0 Å². The SMILES string of the molecule is CN(CC(CCN1CCC(Nc2nc3ccccc3n2CCOC(F)(F)F)CC1)c1ccc(F)cc1)C(=O)c1ccccc1. The Morgan fingerprint density at radius 3 is 2.39 bits per heavy atom. The fourth-order valence-electron chi connectivity index (χ4n) is 5.80. The van der Waals surface area contributed by atoms with Gasteiger partial charge in [-0.05, 0) is 67.8 Å². The number of nitrogens with zero attached hydrogens (tertiary/aromatic N) is 4. The first-order valence-corrected chi connectivity index (χ1v) is 14.9. The standard InChI is InChI=1S/C33H37F4N5O2/c1-40(31(43)25-7-3-2-4-8-25)23-26(24-11-13-27(34)14-12-24)15-18-41-19-16-28(17-20-41)38-32-39-29-9-5-6-10-30(29)42(32)21-22-44-33(35,36)37/h2-14,26,28H,15-23H2,1H3,(H,38,39). The molecule has 0 saturated carbocycles. The predicted molar refractivity (Wildman–Crippen MR) is 162 cm³/mol. The third kappa shape index (κ3) is 8.35. The van der Waals surface area contributed by atoms with Crippen LogP contribution in [0.15, 0.2) is 78.9 Å². The minimum Gasteiger partial charge on any atom is -0.353 e. The van der Waals surface area contributed by atoms with Gasteiger partial charge in [-0.25, -0.2) is 9.37 Å². The van der Waals surface area contributed by atoms with Gasteiger partial charge in [-0.3, -0.25) is 9.53 Å². The largest absolute Gasteiger partial charge is 0.522 e. The summed E-state index contributed by atoms with van der Waals surface area (Å²) in [5.41, 5.74) is 3.08. The molecule has 2 heterocycles. The van der Waals surface area contributed by atoms with E-state index in [4.69, 9.17) is 0 Å². The molecule has 0 aliphatic carbocycles. The van der Waals surface area contributed by atoms with Crippen LogP contribution in [0.5, 0.6) is 0 Å². The van der Waals surface area contributed by atoms with Crippen molar-refractivity contribution in [3.8, 4) is 0 Å². The third-order valence-corrected chi connectivity index (χ3v) is 8.15. The van der Waals surface area contributed by atoms with Crippen LogP contribution in [-0.4, -0.2) is 77.5 Å². The van der Waals surface area contributed by atoms with Gasteiger partial charge in [0.25, 0.3) is 5.91 Å². The van der Waals surface area contributed by atoms with Crippen molar-refractivity contribution in [1.29, 1.82) is 0 Å². The zero-order chi connectivity index (χ0) is 31.1. The Bertz CT molecular complexity index is 1500. The van der Waals surface area contributed by atoms with E-state index in [1.807, 2.05) is 42.5 Å². The third-order valence-electron chi connectivity index (χ3n) is 8.15. The van der Waals surface area contributed by atoms with Gasteiger partial charge in [0.15, 0.2) is 0 Å². The van der Waals surface area contributed by atoms with Gasteiger partial charge in [-0.15, -0.1) is 13.2 Å². The molecule has 1 aliphatic rings. The first kappa shape index (κ1) is 31.5. The molecule has 11 heteroatoms. The summed E-state index contributed by atoms with van der Waals surface area (Å²) in [5.74, 6) is 0.221. The van der Waals surface area contributed by atoms with Crippen molar-refractivity contribution in [2.75, 3.05) is 45.2 Å². The summed E-state index contributed by atoms with van der Waals surface area (Å²) in [6, 6.07) is 23.2. The highest BCUT2D eigenvalue weighted by Crippen LogP contribution is 2.26. The van der Waals surface area contributed by atoms with E-state index in [1.165, 1.54) is 12.1 Å². The average molecular weight is 612 g/mol. The van der Waals surface area contributed by atoms with E-state index in [-0.39, 0.29) is 30.2 Å². The molecular formula is C33H37F4N5O2. The number of nitrogens with one attached hydrogen (secondary N) is 1. The number of anilines is 1. The molecule has 44 heavy (non-hydrogen) atoms. The quantitative estimate of drug-likeness (QED) is 0.185. The first-order chi connectivity index (χ1) is 21.2. The number of hydrogen-bond donors (Lipinski definition) is 1. The molecular weight excluding hydrogens is 574 g/mol. The molecule has 3 aromatic carbocycles. The zero-order valence-electron chi connectivity index (χ0n) is 24.6. The number of likely N-dealkylation sites (tertiary alicyclic amines) is 1. The Morgan fingerprint density at radius 1 is 1.00 bits per heavy atom. The van der Waals surface area contributed by atoms with Crippen LogP contribution in [0.4, 0.5) is 23.5 Å². The number of benzene rings is 3. The van der Waals surface area contributed by atoms with Crippen molar-refractivity contribution in [2.24, 2.45) is 0 Å². The molecule has 4 aromatic rings. The molecule has 1 atom stereocenters. The normalized spacial score (nSPS) is 15.4. The fourth-order valence-corrected chi connectivity index (χ4v) is 5.80. The lowest BCUT2D eigenvalue weighted by Gasteiger charge is -2.34. The highest BCUT2D eigenvalue weighted by Gasteiger charge is 2.29. The number of aromatic nitrogens is 2. The second-order valence-electron chi connectivity index (χ2n) is 11.2. The number of likely N-dealkylation sites (N-methyl/N-ethyl adjacent to an activating group) is 1. The molecule has 234 valence electrons. The summed E-state index contributed by atoms with van der Waals surface area (Å²) < 4.78 is 57.3. The van der Waals surface area contributed by atoms with Gasteiger partial charge in [-0.1, -0.05) is 42.5 Å². The molecule has 1 saturated heterocycles. The molecule has 1 unspecified atom stereocenters. The molecule has 1 amide bonds. The molecule has 7 nitrogen and oxygen atoms in total. The number of ether oxygens (including phenoxy) is 1. The number of alkyl halides is 3. The zero-order valence-corrected chi connectivity index (χ0v) is 24.6. The van der Waals surface area contributed by atoms with Gasteiger partial charge < -0.3 is 19.7 Å². The maximum absolute atomic E-state index is 13.7. The lowest BCUT2D eigenvalue weighted by molar-refractivity contribution is -0.325. The van der Waals surface area contributed by atoms with Gasteiger partial charge in [0.05, 0.1) is 17.6 Å². The number of carbonyl (C=O) groups is 1. The number of fused-ring (bicyclic) bond motifs is 1. The van der Waals surface area contributed by atoms with Crippen molar-refractivity contribution in [2.45, 2.75) is 44.1 Å². The fraction of sp³-hybridized carbons (Fsp3) is 0.394. The minimum atomic E-state index is -4.68. The number of carbonyl (C=O) groups excluding carboxylic acids is 1. The number of amides is 1. The summed E-state index contributed by atoms with van der Waals surface area (Å²) in [6.07, 6.45) is -2.20. The lowest BCUT2D eigenvalue weighted by Crippen LogP contribution is -2.40. The van der Waals surface area contributed by atoms with Crippen LogP contribution < -0.4 is 5.32 Å². The summed E-state index contributed by atoms with van der Waals surface area (Å²) in [5, 5.41) is 3.47. The molecule has 1 N–H and O–H groups in total. The maximum atomic E-state index is 13.7. The number of piperidine rings is 1. The summed E-state index contributed by atoms with van der Waals surface area (Å²) >= 11 is 0. The van der Waals surface area contributed by atoms with Crippen LogP contribution >= 0.6 is 0 Å². The van der Waals surface area contributed by atoms with Crippen molar-refractivity contribution >= 4 is 22.9 Å². The number of halogens is 4. The number of rotatable bonds is 12. The summed E-state index contributed by atoms with van der Waals surface area (Å²) in [7, 11) is 1.80. The first-order valence-electron chi connectivity index (χ1n) is 14.9. The van der Waals surface area contributed by atoms with Gasteiger partial charge in [0.2, 0.25) is 5.95 Å². The molecule has 0 radical (unpaired) electrons. The highest BCUT2D eigenvalue weighted by atomic mass is 19.4. The van der Waals surface area contributed by atoms with E-state index in [2.05, 4.69) is 19.9 Å². The van der Waals surface area contributed by atoms with Crippen molar-refractivity contribution in [3.05, 3.63) is 95.8 Å². The topological polar surface area (TPSA) is 62.6 Å². The van der Waals surface area contributed by atoms with Gasteiger partial charge in [0.1, 0.15) is 5.82 Å². The molecule has 0 bridgehead atoms. The summed E-state index contributed by atoms with van der Waals surface area (Å²) in [4.78, 5) is 21.8. The van der Waals surface area contributed by atoms with Gasteiger partial charge in [0, 0.05) is 50.7 Å². The van der Waals surface area contributed by atoms with Crippen molar-refractivity contribution < 1.29 is 27.1 Å². The number of para-hydroxylation sites is 2. The van der Waals surface area contributed by atoms with Crippen LogP contribution in [0.25, 0.3) is 11.0 Å². The Labute approximate surface area is 254 Å². The second kappa shape index (κ2) is 14.2. The van der Waals surface area contributed by atoms with Gasteiger partial charge in [-0.2, -0.15) is 0 Å². The van der Waals surface area contributed by atoms with Crippen LogP contribution in [-0.2, 0) is 11.3 Å². The Hall–Kier alpha value is -3.96. The van der Waals surface area contributed by atoms with E-state index >= 15 is 0 Å². The minimum absolute atomic E-state index is 0.0210. The maximum Gasteiger partial charge on any atom is 0.522 e. The van der Waals surface area contributed by atoms with E-state index in [0.29, 0.717) is 23.6 Å². The van der Waals surface area contributed by atoms with E-state index < -0.39 is 13.0 Å². The second-order valence-corrected chi connectivity index (χ2v) is 11.2. The van der Waals surface area contributed by atoms with Crippen molar-refractivity contribution in [3.63, 3.8) is 0 Å². The number of hydrogen-bond acceptors (Lipinski definition) is 5. The molecule has 1 fully saturated rings.